The fourth-order valence-electron chi connectivity index (χ4n) is 0.513. The van der Waals surface area contributed by atoms with E-state index >= 15 is 0 Å². The summed E-state index contributed by atoms with van der Waals surface area (Å²) >= 11 is 0. The predicted molar refractivity (Wildman–Crippen MR) is 38.4 cm³/mol. The Labute approximate surface area is 60.3 Å². The van der Waals surface area contributed by atoms with Crippen molar-refractivity contribution in [3.8, 4) is 6.07 Å². The van der Waals surface area contributed by atoms with Crippen LogP contribution < -0.4 is 0 Å². The molecule has 9 heavy (non-hydrogen) atoms. The first-order valence-corrected chi connectivity index (χ1v) is 2.38. The molecule has 0 atom stereocenters. The van der Waals surface area contributed by atoms with E-state index in [1.807, 2.05) is 24.3 Å². The Bertz CT molecular complexity index is 200. The minimum Gasteiger partial charge on any atom is -0.192 e. The molecule has 0 fully saturated rings. The van der Waals surface area contributed by atoms with Gasteiger partial charge >= 0.3 is 0 Å². The average Bonchev–Trinajstić information content (AvgIpc) is 1.90. The molecule has 0 N–H and O–H groups in total. The number of nitriles is 1. The third kappa shape index (κ3) is 2.16. The van der Waals surface area contributed by atoms with E-state index in [1.54, 1.807) is 12.1 Å². The van der Waals surface area contributed by atoms with Gasteiger partial charge in [-0.05, 0) is 12.1 Å². The highest BCUT2D eigenvalue weighted by Crippen LogP contribution is 1.92. The number of benzene rings is 1. The smallest absolute Gasteiger partial charge is 0.0991 e. The molecule has 1 aromatic rings. The van der Waals surface area contributed by atoms with E-state index in [1.165, 1.54) is 0 Å². The van der Waals surface area contributed by atoms with Gasteiger partial charge in [0, 0.05) is 0 Å². The van der Waals surface area contributed by atoms with Gasteiger partial charge in [0.05, 0.1) is 11.6 Å². The van der Waals surface area contributed by atoms with Crippen molar-refractivity contribution in [2.75, 3.05) is 0 Å². The Hall–Kier alpha value is -1.00. The predicted octanol–water partition coefficient (Wildman–Crippen LogP) is 1.98. The van der Waals surface area contributed by atoms with Gasteiger partial charge in [-0.25, -0.2) is 0 Å². The maximum atomic E-state index is 8.29. The molecular weight excluding hydrogens is 134 g/mol. The van der Waals surface area contributed by atoms with Crippen LogP contribution in [0.2, 0.25) is 0 Å². The summed E-state index contributed by atoms with van der Waals surface area (Å²) in [6.07, 6.45) is 0. The van der Waals surface area contributed by atoms with Gasteiger partial charge in [0.15, 0.2) is 0 Å². The molecule has 0 aromatic heterocycles. The van der Waals surface area contributed by atoms with E-state index in [0.29, 0.717) is 5.56 Å². The van der Waals surface area contributed by atoms with Gasteiger partial charge in [-0.1, -0.05) is 18.2 Å². The van der Waals surface area contributed by atoms with E-state index in [9.17, 15) is 0 Å². The fraction of sp³-hybridized carbons (Fsp3) is 0. The molecule has 1 nitrogen and oxygen atoms in total. The van der Waals surface area contributed by atoms with Crippen LogP contribution in [0.15, 0.2) is 30.3 Å². The lowest BCUT2D eigenvalue weighted by molar-refractivity contribution is 1.49. The van der Waals surface area contributed by atoms with Crippen LogP contribution in [0.5, 0.6) is 0 Å². The minimum absolute atomic E-state index is 0. The first-order valence-electron chi connectivity index (χ1n) is 2.38. The molecule has 0 heterocycles. The highest BCUT2D eigenvalue weighted by atomic mass is 35.5. The van der Waals surface area contributed by atoms with E-state index in [-0.39, 0.29) is 12.4 Å². The third-order valence-electron chi connectivity index (χ3n) is 0.903. The second-order valence-electron chi connectivity index (χ2n) is 1.48. The highest BCUT2D eigenvalue weighted by molar-refractivity contribution is 5.85. The van der Waals surface area contributed by atoms with E-state index < -0.39 is 0 Å². The molecule has 1 aromatic carbocycles. The lowest BCUT2D eigenvalue weighted by Gasteiger charge is -1.80. The van der Waals surface area contributed by atoms with Crippen molar-refractivity contribution in [3.63, 3.8) is 0 Å². The molecule has 0 aliphatic rings. The van der Waals surface area contributed by atoms with Crippen molar-refractivity contribution in [3.05, 3.63) is 35.9 Å². The van der Waals surface area contributed by atoms with Crippen molar-refractivity contribution in [1.82, 2.24) is 0 Å². The summed E-state index contributed by atoms with van der Waals surface area (Å²) in [4.78, 5) is 0. The fourth-order valence-corrected chi connectivity index (χ4v) is 0.513. The largest absolute Gasteiger partial charge is 0.192 e. The molecule has 1 rings (SSSR count). The zero-order valence-corrected chi connectivity index (χ0v) is 5.56. The van der Waals surface area contributed by atoms with Crippen LogP contribution in [0.3, 0.4) is 0 Å². The molecule has 46 valence electrons. The summed E-state index contributed by atoms with van der Waals surface area (Å²) in [7, 11) is 0. The van der Waals surface area contributed by atoms with Gasteiger partial charge in [0.2, 0.25) is 0 Å². The topological polar surface area (TPSA) is 23.8 Å². The normalized spacial score (nSPS) is 7.00. The first-order chi connectivity index (χ1) is 3.93. The molecule has 0 unspecified atom stereocenters. The molecular formula is C7H6ClN. The van der Waals surface area contributed by atoms with Crippen molar-refractivity contribution < 1.29 is 0 Å². The lowest BCUT2D eigenvalue weighted by atomic mass is 10.2. The molecule has 0 aliphatic carbocycles. The quantitative estimate of drug-likeness (QED) is 0.539. The lowest BCUT2D eigenvalue weighted by Crippen LogP contribution is -1.66. The summed E-state index contributed by atoms with van der Waals surface area (Å²) in [5, 5.41) is 8.29. The maximum Gasteiger partial charge on any atom is 0.0991 e. The standard InChI is InChI=1S/C7H5N.ClH/c8-6-7-4-2-1-3-5-7;/h1-5H;1H. The zero-order valence-electron chi connectivity index (χ0n) is 4.74. The SMILES string of the molecule is Cl.N#Cc1ccccc1. The van der Waals surface area contributed by atoms with Gasteiger partial charge in [-0.3, -0.25) is 0 Å². The Balaban J connectivity index is 0.000000640. The number of rotatable bonds is 0. The molecule has 0 saturated carbocycles. The van der Waals surface area contributed by atoms with E-state index in [4.69, 9.17) is 5.26 Å². The summed E-state index contributed by atoms with van der Waals surface area (Å²) in [6.45, 7) is 0. The van der Waals surface area contributed by atoms with Crippen LogP contribution in [0.1, 0.15) is 5.56 Å². The monoisotopic (exact) mass is 139 g/mol. The Kier molecular flexibility index (Phi) is 3.50. The first kappa shape index (κ1) is 8.00. The van der Waals surface area contributed by atoms with Crippen LogP contribution in [-0.2, 0) is 0 Å². The second-order valence-corrected chi connectivity index (χ2v) is 1.48. The number of hydrogen-bond donors (Lipinski definition) is 0. The molecule has 0 amide bonds. The third-order valence-corrected chi connectivity index (χ3v) is 0.903. The summed E-state index contributed by atoms with van der Waals surface area (Å²) in [6, 6.07) is 11.2. The molecule has 0 radical (unpaired) electrons. The maximum absolute atomic E-state index is 8.29. The number of halogens is 1. The van der Waals surface area contributed by atoms with Crippen molar-refractivity contribution in [2.24, 2.45) is 0 Å². The van der Waals surface area contributed by atoms with Crippen molar-refractivity contribution in [1.29, 1.82) is 5.26 Å². The molecule has 0 saturated heterocycles. The molecule has 0 bridgehead atoms. The van der Waals surface area contributed by atoms with E-state index in [2.05, 4.69) is 0 Å². The molecule has 0 aliphatic heterocycles. The summed E-state index contributed by atoms with van der Waals surface area (Å²) in [5.74, 6) is 0. The average molecular weight is 140 g/mol. The van der Waals surface area contributed by atoms with Crippen molar-refractivity contribution >= 4 is 12.4 Å². The Morgan fingerprint density at radius 1 is 1.11 bits per heavy atom. The van der Waals surface area contributed by atoms with Gasteiger partial charge < -0.3 is 0 Å². The molecule has 0 spiro atoms. The van der Waals surface area contributed by atoms with Crippen LogP contribution in [0.25, 0.3) is 0 Å². The Morgan fingerprint density at radius 2 is 1.67 bits per heavy atom. The van der Waals surface area contributed by atoms with Gasteiger partial charge in [0.25, 0.3) is 0 Å². The number of nitrogens with zero attached hydrogens (tertiary/aromatic N) is 1. The summed E-state index contributed by atoms with van der Waals surface area (Å²) < 4.78 is 0. The highest BCUT2D eigenvalue weighted by Gasteiger charge is 1.79. The number of hydrogen-bond acceptors (Lipinski definition) is 1. The van der Waals surface area contributed by atoms with Crippen LogP contribution in [0, 0.1) is 11.3 Å². The van der Waals surface area contributed by atoms with Gasteiger partial charge in [0.1, 0.15) is 0 Å². The Morgan fingerprint density at radius 3 is 2.00 bits per heavy atom. The summed E-state index contributed by atoms with van der Waals surface area (Å²) in [5.41, 5.74) is 0.715. The van der Waals surface area contributed by atoms with Crippen LogP contribution >= 0.6 is 12.4 Å². The van der Waals surface area contributed by atoms with Gasteiger partial charge in [-0.2, -0.15) is 5.26 Å². The zero-order chi connectivity index (χ0) is 5.82. The van der Waals surface area contributed by atoms with Crippen LogP contribution in [0.4, 0.5) is 0 Å². The minimum atomic E-state index is 0. The molecule has 2 heteroatoms. The van der Waals surface area contributed by atoms with Gasteiger partial charge in [-0.15, -0.1) is 12.4 Å². The van der Waals surface area contributed by atoms with Crippen LogP contribution in [-0.4, -0.2) is 0 Å². The van der Waals surface area contributed by atoms with Crippen molar-refractivity contribution in [2.45, 2.75) is 0 Å². The van der Waals surface area contributed by atoms with E-state index in [0.717, 1.165) is 0 Å². The second kappa shape index (κ2) is 3.94.